The highest BCUT2D eigenvalue weighted by Gasteiger charge is 2.66. The van der Waals surface area contributed by atoms with Crippen LogP contribution in [0.15, 0.2) is 95.9 Å². The Labute approximate surface area is 325 Å². The van der Waals surface area contributed by atoms with Crippen LogP contribution in [-0.4, -0.2) is 65.4 Å². The maximum Gasteiger partial charge on any atom is 0.351 e. The van der Waals surface area contributed by atoms with Crippen molar-refractivity contribution in [3.8, 4) is 17.6 Å². The van der Waals surface area contributed by atoms with Crippen LogP contribution in [0.25, 0.3) is 0 Å². The number of nitrogens with zero attached hydrogens (tertiary/aromatic N) is 4. The highest BCUT2D eigenvalue weighted by Crippen LogP contribution is 2.62. The van der Waals surface area contributed by atoms with Crippen LogP contribution in [0, 0.1) is 23.2 Å². The van der Waals surface area contributed by atoms with Crippen molar-refractivity contribution in [2.45, 2.75) is 83.1 Å². The summed E-state index contributed by atoms with van der Waals surface area (Å²) in [6, 6.07) is 29.8. The third-order valence-corrected chi connectivity index (χ3v) is 12.7. The Kier molecular flexibility index (Phi) is 12.6. The molecular formula is C42H52N5O7P. The number of anilines is 1. The van der Waals surface area contributed by atoms with Crippen LogP contribution in [0.3, 0.4) is 0 Å². The van der Waals surface area contributed by atoms with E-state index in [-0.39, 0.29) is 49.4 Å². The van der Waals surface area contributed by atoms with Crippen LogP contribution in [-0.2, 0) is 24.1 Å². The number of nitriles is 1. The fraction of sp³-hybridized carbons (Fsp3) is 0.452. The number of nitrogen functional groups attached to an aromatic ring is 1. The number of hydrogen-bond donors (Lipinski definition) is 1. The van der Waals surface area contributed by atoms with Gasteiger partial charge in [0.1, 0.15) is 40.9 Å². The van der Waals surface area contributed by atoms with Gasteiger partial charge in [0.05, 0.1) is 39.9 Å². The Morgan fingerprint density at radius 1 is 0.964 bits per heavy atom. The molecule has 2 bridgehead atoms. The van der Waals surface area contributed by atoms with E-state index in [0.29, 0.717) is 17.9 Å². The Bertz CT molecular complexity index is 1920. The van der Waals surface area contributed by atoms with Crippen molar-refractivity contribution >= 4 is 14.3 Å². The molecule has 1 aliphatic heterocycles. The van der Waals surface area contributed by atoms with Crippen molar-refractivity contribution < 1.29 is 28.0 Å². The molecule has 4 aromatic rings. The van der Waals surface area contributed by atoms with Gasteiger partial charge in [0.15, 0.2) is 0 Å². The summed E-state index contributed by atoms with van der Waals surface area (Å²) in [5.74, 6) is 1.34. The molecule has 6 atom stereocenters. The highest BCUT2D eigenvalue weighted by atomic mass is 31.2. The van der Waals surface area contributed by atoms with Crippen LogP contribution in [0.4, 0.5) is 5.82 Å². The molecule has 13 heteroatoms. The number of methoxy groups -OCH3 is 2. The van der Waals surface area contributed by atoms with Gasteiger partial charge in [-0.2, -0.15) is 10.2 Å². The summed E-state index contributed by atoms with van der Waals surface area (Å²) in [4.78, 5) is 17.5. The maximum absolute atomic E-state index is 13.4. The quantitative estimate of drug-likeness (QED) is 0.0651. The number of aromatic nitrogens is 2. The molecule has 1 saturated heterocycles. The summed E-state index contributed by atoms with van der Waals surface area (Å²) in [6.07, 6.45) is 1.17. The second-order valence-corrected chi connectivity index (χ2v) is 16.1. The molecule has 55 heavy (non-hydrogen) atoms. The highest BCUT2D eigenvalue weighted by molar-refractivity contribution is 7.44. The van der Waals surface area contributed by atoms with Crippen molar-refractivity contribution in [3.63, 3.8) is 0 Å². The average molecular weight is 770 g/mol. The van der Waals surface area contributed by atoms with Crippen LogP contribution < -0.4 is 20.9 Å². The van der Waals surface area contributed by atoms with E-state index < -0.39 is 37.7 Å². The fourth-order valence-corrected chi connectivity index (χ4v) is 10.0. The van der Waals surface area contributed by atoms with Crippen molar-refractivity contribution in [1.82, 2.24) is 14.2 Å². The van der Waals surface area contributed by atoms with Gasteiger partial charge in [-0.1, -0.05) is 61.5 Å². The first-order chi connectivity index (χ1) is 26.5. The molecule has 1 saturated carbocycles. The minimum absolute atomic E-state index is 0.0485. The number of ether oxygens (including phenoxy) is 4. The summed E-state index contributed by atoms with van der Waals surface area (Å²) in [7, 11) is 1.61. The molecule has 2 fully saturated rings. The number of fused-ring (bicyclic) bond motifs is 2. The maximum atomic E-state index is 13.4. The first-order valence-corrected chi connectivity index (χ1v) is 19.9. The molecule has 0 amide bonds. The summed E-state index contributed by atoms with van der Waals surface area (Å²) in [5, 5.41) is 9.41. The molecule has 2 aliphatic rings. The molecule has 2 heterocycles. The molecule has 12 nitrogen and oxygen atoms in total. The molecular weight excluding hydrogens is 717 g/mol. The summed E-state index contributed by atoms with van der Waals surface area (Å²) in [5.41, 5.74) is 5.92. The molecule has 3 aromatic carbocycles. The number of nitrogens with two attached hydrogens (primary N) is 1. The predicted molar refractivity (Wildman–Crippen MR) is 211 cm³/mol. The Morgan fingerprint density at radius 2 is 1.55 bits per heavy atom. The van der Waals surface area contributed by atoms with E-state index >= 15 is 0 Å². The van der Waals surface area contributed by atoms with Gasteiger partial charge < -0.3 is 33.7 Å². The zero-order chi connectivity index (χ0) is 39.3. The molecule has 1 aliphatic carbocycles. The molecule has 292 valence electrons. The standard InChI is InChI=1S/C42H52N5O7P/c1-28(2)47(29(3)4)55(52-25-11-23-43)54-38-37-30(5)26-41(38,53-39(37)46-24-22-36(44)45-40(46)48)27-51-42(31-12-9-8-10-13-31,32-14-18-34(49-6)19-15-32)33-16-20-35(50-7)21-17-33/h8-10,12-22,24,28-30,37-39H,11,25-27H2,1-7H3,(H2,44,45,48)/t30-,37+,38-,39+,41-,55?/m0/s1. The number of hydrogen-bond acceptors (Lipinski definition) is 11. The van der Waals surface area contributed by atoms with E-state index in [1.54, 1.807) is 26.5 Å². The lowest BCUT2D eigenvalue weighted by Gasteiger charge is -2.42. The van der Waals surface area contributed by atoms with E-state index in [9.17, 15) is 10.1 Å². The van der Waals surface area contributed by atoms with E-state index in [1.807, 2.05) is 66.7 Å². The van der Waals surface area contributed by atoms with Crippen LogP contribution >= 0.6 is 8.53 Å². The van der Waals surface area contributed by atoms with Crippen LogP contribution in [0.1, 0.15) is 70.4 Å². The molecule has 2 N–H and O–H groups in total. The molecule has 6 rings (SSSR count). The lowest BCUT2D eigenvalue weighted by molar-refractivity contribution is -0.174. The lowest BCUT2D eigenvalue weighted by Crippen LogP contribution is -2.47. The van der Waals surface area contributed by atoms with Gasteiger partial charge >= 0.3 is 5.69 Å². The smallest absolute Gasteiger partial charge is 0.351 e. The van der Waals surface area contributed by atoms with E-state index in [4.69, 9.17) is 33.7 Å². The Morgan fingerprint density at radius 3 is 2.07 bits per heavy atom. The second-order valence-electron chi connectivity index (χ2n) is 14.7. The minimum atomic E-state index is -1.68. The fourth-order valence-electron chi connectivity index (χ4n) is 8.21. The zero-order valence-electron chi connectivity index (χ0n) is 32.6. The van der Waals surface area contributed by atoms with Gasteiger partial charge in [0.2, 0.25) is 0 Å². The van der Waals surface area contributed by atoms with Gasteiger partial charge in [0.25, 0.3) is 8.53 Å². The van der Waals surface area contributed by atoms with E-state index in [0.717, 1.165) is 16.7 Å². The lowest BCUT2D eigenvalue weighted by atomic mass is 9.79. The summed E-state index contributed by atoms with van der Waals surface area (Å²) < 4.78 is 43.1. The second kappa shape index (κ2) is 17.2. The summed E-state index contributed by atoms with van der Waals surface area (Å²) >= 11 is 0. The third-order valence-electron chi connectivity index (χ3n) is 10.6. The molecule has 0 radical (unpaired) electrons. The van der Waals surface area contributed by atoms with Gasteiger partial charge in [0, 0.05) is 24.2 Å². The van der Waals surface area contributed by atoms with Gasteiger partial charge in [-0.25, -0.2) is 9.46 Å². The molecule has 1 aromatic heterocycles. The largest absolute Gasteiger partial charge is 0.497 e. The van der Waals surface area contributed by atoms with Gasteiger partial charge in [-0.3, -0.25) is 4.57 Å². The molecule has 0 spiro atoms. The third kappa shape index (κ3) is 8.01. The van der Waals surface area contributed by atoms with Gasteiger partial charge in [-0.05, 0) is 87.1 Å². The van der Waals surface area contributed by atoms with Crippen molar-refractivity contribution in [2.24, 2.45) is 11.8 Å². The monoisotopic (exact) mass is 769 g/mol. The molecule has 1 unspecified atom stereocenters. The van der Waals surface area contributed by atoms with E-state index in [1.165, 1.54) is 4.57 Å². The number of rotatable bonds is 17. The van der Waals surface area contributed by atoms with Crippen molar-refractivity contribution in [3.05, 3.63) is 118 Å². The van der Waals surface area contributed by atoms with Crippen molar-refractivity contribution in [2.75, 3.05) is 33.2 Å². The van der Waals surface area contributed by atoms with Crippen LogP contribution in [0.5, 0.6) is 11.5 Å². The van der Waals surface area contributed by atoms with Crippen LogP contribution in [0.2, 0.25) is 0 Å². The minimum Gasteiger partial charge on any atom is -0.497 e. The Balaban J connectivity index is 1.50. The van der Waals surface area contributed by atoms with E-state index in [2.05, 4.69) is 62.5 Å². The zero-order valence-corrected chi connectivity index (χ0v) is 33.5. The first-order valence-electron chi connectivity index (χ1n) is 18.7. The topological polar surface area (TPSA) is 143 Å². The SMILES string of the molecule is COc1ccc(C(OC[C@]23C[C@H](C)[C@@H]([C@H](n4ccc(N)nc4=O)O2)[C@@H]3OP(OCCC#N)N(C(C)C)C(C)C)(c2ccccc2)c2ccc(OC)cc2)cc1. The average Bonchev–Trinajstić information content (AvgIpc) is 3.62. The van der Waals surface area contributed by atoms with Gasteiger partial charge in [-0.15, -0.1) is 0 Å². The first kappa shape index (κ1) is 40.3. The Hall–Kier alpha value is -4.34. The predicted octanol–water partition coefficient (Wildman–Crippen LogP) is 7.44. The van der Waals surface area contributed by atoms with Crippen molar-refractivity contribution in [1.29, 1.82) is 5.26 Å². The number of benzene rings is 3. The normalized spacial score (nSPS) is 22.6. The summed E-state index contributed by atoms with van der Waals surface area (Å²) in [6.45, 7) is 10.9.